The fourth-order valence-electron chi connectivity index (χ4n) is 2.68. The summed E-state index contributed by atoms with van der Waals surface area (Å²) in [5, 5.41) is 21.4. The van der Waals surface area contributed by atoms with Crippen molar-refractivity contribution >= 4 is 34.0 Å². The van der Waals surface area contributed by atoms with Crippen LogP contribution in [0.5, 0.6) is 0 Å². The fourth-order valence-corrected chi connectivity index (χ4v) is 4.49. The Kier molecular flexibility index (Phi) is 6.09. The minimum absolute atomic E-state index is 0.0409. The second-order valence-electron chi connectivity index (χ2n) is 6.44. The van der Waals surface area contributed by atoms with Gasteiger partial charge in [-0.25, -0.2) is 0 Å². The average molecular weight is 457 g/mol. The Balaban J connectivity index is 1.46. The molecule has 0 saturated carbocycles. The molecular weight excluding hydrogens is 444 g/mol. The van der Waals surface area contributed by atoms with Crippen molar-refractivity contribution in [3.63, 3.8) is 0 Å². The third-order valence-corrected chi connectivity index (χ3v) is 6.47. The monoisotopic (exact) mass is 456 g/mol. The molecule has 0 N–H and O–H groups in total. The van der Waals surface area contributed by atoms with E-state index < -0.39 is 9.85 Å². The third-order valence-electron chi connectivity index (χ3n) is 4.27. The molecule has 6 nitrogen and oxygen atoms in total. The molecule has 0 aliphatic heterocycles. The summed E-state index contributed by atoms with van der Waals surface area (Å²) in [6.45, 7) is 0. The summed E-state index contributed by atoms with van der Waals surface area (Å²) in [5.74, 6) is 12.2. The van der Waals surface area contributed by atoms with Crippen LogP contribution in [0.4, 0.5) is 11.4 Å². The van der Waals surface area contributed by atoms with Crippen molar-refractivity contribution in [1.82, 2.24) is 0 Å². The number of hydrogen-bond donors (Lipinski definition) is 0. The van der Waals surface area contributed by atoms with Crippen LogP contribution in [0, 0.1) is 43.9 Å². The zero-order valence-electron chi connectivity index (χ0n) is 16.3. The maximum Gasteiger partial charge on any atom is 0.269 e. The quantitative estimate of drug-likeness (QED) is 0.212. The third kappa shape index (κ3) is 5.08. The van der Waals surface area contributed by atoms with Gasteiger partial charge in [-0.05, 0) is 48.5 Å². The fraction of sp³-hybridized carbons (Fsp3) is 0. The molecule has 0 amide bonds. The zero-order chi connectivity index (χ0) is 22.5. The zero-order valence-corrected chi connectivity index (χ0v) is 17.9. The van der Waals surface area contributed by atoms with Gasteiger partial charge in [-0.3, -0.25) is 20.2 Å². The highest BCUT2D eigenvalue weighted by Gasteiger charge is 2.06. The Morgan fingerprint density at radius 3 is 1.25 bits per heavy atom. The van der Waals surface area contributed by atoms with Crippen molar-refractivity contribution in [1.29, 1.82) is 0 Å². The molecule has 2 heterocycles. The summed E-state index contributed by atoms with van der Waals surface area (Å²) in [6, 6.07) is 20.2. The van der Waals surface area contributed by atoms with Crippen molar-refractivity contribution in [3.05, 3.63) is 114 Å². The van der Waals surface area contributed by atoms with Gasteiger partial charge in [0.25, 0.3) is 11.4 Å². The lowest BCUT2D eigenvalue weighted by atomic mass is 10.2. The van der Waals surface area contributed by atoms with Gasteiger partial charge >= 0.3 is 0 Å². The van der Waals surface area contributed by atoms with Crippen LogP contribution in [0.25, 0.3) is 9.75 Å². The van der Waals surface area contributed by atoms with Crippen molar-refractivity contribution in [2.45, 2.75) is 0 Å². The summed E-state index contributed by atoms with van der Waals surface area (Å²) in [5.41, 5.74) is 1.51. The van der Waals surface area contributed by atoms with E-state index in [-0.39, 0.29) is 11.4 Å². The molecule has 2 aromatic heterocycles. The van der Waals surface area contributed by atoms with E-state index in [9.17, 15) is 20.2 Å². The largest absolute Gasteiger partial charge is 0.269 e. The van der Waals surface area contributed by atoms with Gasteiger partial charge in [-0.2, -0.15) is 0 Å². The van der Waals surface area contributed by atoms with E-state index in [1.54, 1.807) is 46.9 Å². The van der Waals surface area contributed by atoms with Gasteiger partial charge in [0.15, 0.2) is 0 Å². The second kappa shape index (κ2) is 9.27. The average Bonchev–Trinajstić information content (AvgIpc) is 3.46. The number of benzene rings is 2. The van der Waals surface area contributed by atoms with Gasteiger partial charge < -0.3 is 0 Å². The van der Waals surface area contributed by atoms with Crippen LogP contribution >= 0.6 is 22.7 Å². The first-order valence-corrected chi connectivity index (χ1v) is 10.8. The highest BCUT2D eigenvalue weighted by Crippen LogP contribution is 2.33. The molecule has 0 aliphatic carbocycles. The van der Waals surface area contributed by atoms with Crippen molar-refractivity contribution in [3.8, 4) is 33.4 Å². The Morgan fingerprint density at radius 1 is 0.531 bits per heavy atom. The number of hydrogen-bond acceptors (Lipinski definition) is 6. The minimum atomic E-state index is -0.436. The van der Waals surface area contributed by atoms with Gasteiger partial charge in [0, 0.05) is 45.1 Å². The van der Waals surface area contributed by atoms with E-state index in [1.807, 2.05) is 24.3 Å². The topological polar surface area (TPSA) is 86.3 Å². The molecule has 0 saturated heterocycles. The van der Waals surface area contributed by atoms with Crippen LogP contribution in [0.1, 0.15) is 20.9 Å². The lowest BCUT2D eigenvalue weighted by Gasteiger charge is -1.91. The molecule has 0 spiro atoms. The van der Waals surface area contributed by atoms with Crippen molar-refractivity contribution < 1.29 is 9.85 Å². The molecule has 0 unspecified atom stereocenters. The molecule has 4 rings (SSSR count). The molecule has 154 valence electrons. The first-order chi connectivity index (χ1) is 15.5. The van der Waals surface area contributed by atoms with Crippen LogP contribution in [-0.2, 0) is 0 Å². The number of thiophene rings is 2. The predicted molar refractivity (Wildman–Crippen MR) is 126 cm³/mol. The molecule has 4 aromatic rings. The Hall–Kier alpha value is -4.24. The molecule has 32 heavy (non-hydrogen) atoms. The van der Waals surface area contributed by atoms with E-state index in [1.165, 1.54) is 24.3 Å². The van der Waals surface area contributed by atoms with Crippen molar-refractivity contribution in [2.75, 3.05) is 0 Å². The molecule has 0 atom stereocenters. The number of rotatable bonds is 3. The summed E-state index contributed by atoms with van der Waals surface area (Å²) in [6.07, 6.45) is 0. The van der Waals surface area contributed by atoms with E-state index >= 15 is 0 Å². The van der Waals surface area contributed by atoms with E-state index in [4.69, 9.17) is 0 Å². The SMILES string of the molecule is O=[N+]([O-])c1ccc(C#Cc2ccc(-c3ccc(C#Cc4ccc([N+](=O)[O-])cc4)s3)s2)cc1. The summed E-state index contributed by atoms with van der Waals surface area (Å²) < 4.78 is 0. The molecule has 0 bridgehead atoms. The van der Waals surface area contributed by atoms with Crippen LogP contribution in [0.2, 0.25) is 0 Å². The lowest BCUT2D eigenvalue weighted by molar-refractivity contribution is -0.385. The Labute approximate surface area is 191 Å². The van der Waals surface area contributed by atoms with E-state index in [2.05, 4.69) is 23.7 Å². The first kappa shape index (κ1) is 21.0. The van der Waals surface area contributed by atoms with Gasteiger partial charge in [0.1, 0.15) is 0 Å². The molecule has 8 heteroatoms. The second-order valence-corrected chi connectivity index (χ2v) is 8.60. The minimum Gasteiger partial charge on any atom is -0.258 e. The Morgan fingerprint density at radius 2 is 0.906 bits per heavy atom. The molecule has 2 aromatic carbocycles. The smallest absolute Gasteiger partial charge is 0.258 e. The van der Waals surface area contributed by atoms with Crippen LogP contribution in [0.15, 0.2) is 72.8 Å². The maximum atomic E-state index is 10.7. The van der Waals surface area contributed by atoms with E-state index in [0.29, 0.717) is 11.1 Å². The van der Waals surface area contributed by atoms with Crippen molar-refractivity contribution in [2.24, 2.45) is 0 Å². The molecular formula is C24H12N2O4S2. The molecule has 0 radical (unpaired) electrons. The van der Waals surface area contributed by atoms with Gasteiger partial charge in [0.05, 0.1) is 19.6 Å². The normalized spacial score (nSPS) is 9.88. The number of nitrogens with zero attached hydrogens (tertiary/aromatic N) is 2. The summed E-state index contributed by atoms with van der Waals surface area (Å²) >= 11 is 3.12. The van der Waals surface area contributed by atoms with Crippen LogP contribution in [-0.4, -0.2) is 9.85 Å². The lowest BCUT2D eigenvalue weighted by Crippen LogP contribution is -1.86. The molecule has 0 fully saturated rings. The highest BCUT2D eigenvalue weighted by atomic mass is 32.1. The summed E-state index contributed by atoms with van der Waals surface area (Å²) in [4.78, 5) is 24.5. The van der Waals surface area contributed by atoms with Gasteiger partial charge in [-0.1, -0.05) is 23.7 Å². The molecule has 0 aliphatic rings. The number of nitro benzene ring substituents is 2. The first-order valence-electron chi connectivity index (χ1n) is 9.21. The van der Waals surface area contributed by atoms with E-state index in [0.717, 1.165) is 19.5 Å². The highest BCUT2D eigenvalue weighted by molar-refractivity contribution is 7.22. The Bertz CT molecular complexity index is 1320. The van der Waals surface area contributed by atoms with Crippen LogP contribution in [0.3, 0.4) is 0 Å². The van der Waals surface area contributed by atoms with Crippen LogP contribution < -0.4 is 0 Å². The number of non-ortho nitro benzene ring substituents is 2. The number of nitro groups is 2. The maximum absolute atomic E-state index is 10.7. The van der Waals surface area contributed by atoms with Gasteiger partial charge in [0.2, 0.25) is 0 Å². The van der Waals surface area contributed by atoms with Gasteiger partial charge in [-0.15, -0.1) is 22.7 Å². The summed E-state index contributed by atoms with van der Waals surface area (Å²) in [7, 11) is 0. The standard InChI is InChI=1S/C24H12N2O4S2/c27-25(28)19-7-1-17(2-8-19)5-11-21-13-15-23(31-21)24-16-14-22(32-24)12-6-18-3-9-20(10-4-18)26(29)30/h1-4,7-10,13-16H. The predicted octanol–water partition coefficient (Wildman–Crippen LogP) is 6.09.